The number of esters is 1. The Bertz CT molecular complexity index is 495. The third-order valence-corrected chi connectivity index (χ3v) is 5.27. The van der Waals surface area contributed by atoms with Crippen LogP contribution in [0.15, 0.2) is 0 Å². The molecule has 2 heterocycles. The number of hydrogen-bond donors (Lipinski definition) is 0. The molecule has 0 bridgehead atoms. The van der Waals surface area contributed by atoms with E-state index in [2.05, 4.69) is 16.8 Å². The summed E-state index contributed by atoms with van der Waals surface area (Å²) in [7, 11) is 5.37. The van der Waals surface area contributed by atoms with E-state index in [-0.39, 0.29) is 31.3 Å². The summed E-state index contributed by atoms with van der Waals surface area (Å²) < 4.78 is 4.89. The molecule has 26 heavy (non-hydrogen) atoms. The maximum atomic E-state index is 12.3. The summed E-state index contributed by atoms with van der Waals surface area (Å²) in [5.74, 6) is -0.780. The third-order valence-electron chi connectivity index (χ3n) is 5.27. The van der Waals surface area contributed by atoms with Crippen LogP contribution >= 0.6 is 0 Å². The molecule has 0 spiro atoms. The molecule has 2 rings (SSSR count). The van der Waals surface area contributed by atoms with Gasteiger partial charge in [0.05, 0.1) is 6.42 Å². The Morgan fingerprint density at radius 2 is 1.58 bits per heavy atom. The van der Waals surface area contributed by atoms with Crippen molar-refractivity contribution in [3.8, 4) is 0 Å². The van der Waals surface area contributed by atoms with Gasteiger partial charge < -0.3 is 19.4 Å². The topological polar surface area (TPSA) is 73.4 Å². The van der Waals surface area contributed by atoms with E-state index in [0.29, 0.717) is 6.04 Å². The van der Waals surface area contributed by atoms with Crippen molar-refractivity contribution >= 4 is 17.8 Å². The lowest BCUT2D eigenvalue weighted by Crippen LogP contribution is -2.54. The highest BCUT2D eigenvalue weighted by atomic mass is 16.5. The van der Waals surface area contributed by atoms with Crippen molar-refractivity contribution in [2.45, 2.75) is 31.7 Å². The molecule has 0 aromatic carbocycles. The molecule has 2 aliphatic rings. The summed E-state index contributed by atoms with van der Waals surface area (Å²) in [6, 6.07) is 0.632. The maximum Gasteiger partial charge on any atom is 0.306 e. The molecule has 0 aliphatic carbocycles. The smallest absolute Gasteiger partial charge is 0.306 e. The molecule has 0 N–H and O–H groups in total. The molecule has 2 aliphatic heterocycles. The van der Waals surface area contributed by atoms with Crippen molar-refractivity contribution in [3.05, 3.63) is 0 Å². The van der Waals surface area contributed by atoms with Crippen LogP contribution in [-0.2, 0) is 19.1 Å². The molecule has 2 saturated heterocycles. The average Bonchev–Trinajstić information content (AvgIpc) is 2.64. The molecular formula is C18H32N4O4. The first-order chi connectivity index (χ1) is 12.4. The molecule has 0 aromatic rings. The lowest BCUT2D eigenvalue weighted by molar-refractivity contribution is -0.152. The van der Waals surface area contributed by atoms with Crippen LogP contribution in [0.4, 0.5) is 0 Å². The van der Waals surface area contributed by atoms with Crippen LogP contribution in [0.1, 0.15) is 25.7 Å². The molecule has 2 amide bonds. The second kappa shape index (κ2) is 9.87. The van der Waals surface area contributed by atoms with Gasteiger partial charge in [-0.15, -0.1) is 0 Å². The number of hydrogen-bond acceptors (Lipinski definition) is 6. The molecule has 2 fully saturated rings. The third kappa shape index (κ3) is 6.25. The van der Waals surface area contributed by atoms with Gasteiger partial charge in [-0.05, 0) is 33.0 Å². The van der Waals surface area contributed by atoms with Crippen LogP contribution in [0.25, 0.3) is 0 Å². The molecular weight excluding hydrogens is 336 g/mol. The number of carbonyl (C=O) groups excluding carboxylic acids is 3. The van der Waals surface area contributed by atoms with E-state index in [1.807, 2.05) is 4.90 Å². The lowest BCUT2D eigenvalue weighted by Gasteiger charge is -2.42. The first-order valence-electron chi connectivity index (χ1n) is 9.43. The minimum atomic E-state index is -0.501. The predicted octanol–water partition coefficient (Wildman–Crippen LogP) is -0.364. The first-order valence-corrected chi connectivity index (χ1v) is 9.43. The Morgan fingerprint density at radius 3 is 2.15 bits per heavy atom. The first kappa shape index (κ1) is 20.6. The zero-order valence-electron chi connectivity index (χ0n) is 16.3. The molecule has 0 aromatic heterocycles. The highest BCUT2D eigenvalue weighted by Crippen LogP contribution is 2.17. The standard InChI is InChI=1S/C18H32N4O4/c1-19(2)17(24)14-26-18(25)5-4-16(23)22-12-10-21(11-13-22)15-6-8-20(3)9-7-15/h15H,4-14H2,1-3H3. The molecule has 0 radical (unpaired) electrons. The summed E-state index contributed by atoms with van der Waals surface area (Å²) in [6.07, 6.45) is 2.56. The fourth-order valence-electron chi connectivity index (χ4n) is 3.41. The van der Waals surface area contributed by atoms with Crippen LogP contribution in [-0.4, -0.2) is 110 Å². The Hall–Kier alpha value is -1.67. The molecule has 8 nitrogen and oxygen atoms in total. The van der Waals surface area contributed by atoms with Gasteiger partial charge in [0.25, 0.3) is 5.91 Å². The van der Waals surface area contributed by atoms with Gasteiger partial charge in [-0.25, -0.2) is 0 Å². The van der Waals surface area contributed by atoms with Gasteiger partial charge in [0, 0.05) is 52.7 Å². The van der Waals surface area contributed by atoms with Crippen molar-refractivity contribution in [3.63, 3.8) is 0 Å². The van der Waals surface area contributed by atoms with E-state index in [1.54, 1.807) is 14.1 Å². The van der Waals surface area contributed by atoms with E-state index < -0.39 is 5.97 Å². The second-order valence-corrected chi connectivity index (χ2v) is 7.40. The van der Waals surface area contributed by atoms with Gasteiger partial charge >= 0.3 is 5.97 Å². The Morgan fingerprint density at radius 1 is 0.962 bits per heavy atom. The number of likely N-dealkylation sites (N-methyl/N-ethyl adjacent to an activating group) is 1. The van der Waals surface area contributed by atoms with Crippen LogP contribution in [0.5, 0.6) is 0 Å². The highest BCUT2D eigenvalue weighted by Gasteiger charge is 2.28. The van der Waals surface area contributed by atoms with Crippen LogP contribution in [0.2, 0.25) is 0 Å². The fraction of sp³-hybridized carbons (Fsp3) is 0.833. The number of amides is 2. The zero-order valence-corrected chi connectivity index (χ0v) is 16.3. The summed E-state index contributed by atoms with van der Waals surface area (Å²) in [6.45, 7) is 5.27. The summed E-state index contributed by atoms with van der Waals surface area (Å²) in [4.78, 5) is 43.4. The number of carbonyl (C=O) groups is 3. The predicted molar refractivity (Wildman–Crippen MR) is 97.6 cm³/mol. The quantitative estimate of drug-likeness (QED) is 0.596. The van der Waals surface area contributed by atoms with E-state index in [9.17, 15) is 14.4 Å². The largest absolute Gasteiger partial charge is 0.456 e. The maximum absolute atomic E-state index is 12.3. The number of piperidine rings is 1. The van der Waals surface area contributed by atoms with Crippen molar-refractivity contribution in [2.24, 2.45) is 0 Å². The summed E-state index contributed by atoms with van der Waals surface area (Å²) >= 11 is 0. The van der Waals surface area contributed by atoms with Crippen molar-refractivity contribution in [2.75, 3.05) is 67.0 Å². The van der Waals surface area contributed by atoms with Crippen molar-refractivity contribution < 1.29 is 19.1 Å². The number of ether oxygens (including phenoxy) is 1. The summed E-state index contributed by atoms with van der Waals surface area (Å²) in [5, 5.41) is 0. The Labute approximate surface area is 156 Å². The Kier molecular flexibility index (Phi) is 7.84. The van der Waals surface area contributed by atoms with E-state index in [0.717, 1.165) is 39.3 Å². The minimum Gasteiger partial charge on any atom is -0.456 e. The van der Waals surface area contributed by atoms with Crippen LogP contribution in [0.3, 0.4) is 0 Å². The molecule has 8 heteroatoms. The van der Waals surface area contributed by atoms with E-state index in [1.165, 1.54) is 17.7 Å². The highest BCUT2D eigenvalue weighted by molar-refractivity contribution is 5.83. The lowest BCUT2D eigenvalue weighted by atomic mass is 10.0. The number of likely N-dealkylation sites (tertiary alicyclic amines) is 1. The van der Waals surface area contributed by atoms with Gasteiger partial charge in [-0.3, -0.25) is 19.3 Å². The monoisotopic (exact) mass is 368 g/mol. The van der Waals surface area contributed by atoms with Gasteiger partial charge in [0.1, 0.15) is 0 Å². The number of rotatable bonds is 6. The Balaban J connectivity index is 1.63. The minimum absolute atomic E-state index is 0.0103. The average molecular weight is 368 g/mol. The number of piperazine rings is 1. The number of nitrogens with zero attached hydrogens (tertiary/aromatic N) is 4. The fourth-order valence-corrected chi connectivity index (χ4v) is 3.41. The van der Waals surface area contributed by atoms with Gasteiger partial charge in [-0.1, -0.05) is 0 Å². The molecule has 148 valence electrons. The molecule has 0 atom stereocenters. The van der Waals surface area contributed by atoms with Gasteiger partial charge in [0.15, 0.2) is 6.61 Å². The second-order valence-electron chi connectivity index (χ2n) is 7.40. The molecule has 0 saturated carbocycles. The van der Waals surface area contributed by atoms with Crippen LogP contribution < -0.4 is 0 Å². The SMILES string of the molecule is CN1CCC(N2CCN(C(=O)CCC(=O)OCC(=O)N(C)C)CC2)CC1. The normalized spacial score (nSPS) is 20.0. The summed E-state index contributed by atoms with van der Waals surface area (Å²) in [5.41, 5.74) is 0. The molecule has 0 unspecified atom stereocenters. The zero-order chi connectivity index (χ0) is 19.1. The van der Waals surface area contributed by atoms with Gasteiger partial charge in [0.2, 0.25) is 5.91 Å². The van der Waals surface area contributed by atoms with Crippen molar-refractivity contribution in [1.82, 2.24) is 19.6 Å². The van der Waals surface area contributed by atoms with Crippen LogP contribution in [0, 0.1) is 0 Å². The van der Waals surface area contributed by atoms with Gasteiger partial charge in [-0.2, -0.15) is 0 Å². The van der Waals surface area contributed by atoms with Crippen molar-refractivity contribution in [1.29, 1.82) is 0 Å². The van der Waals surface area contributed by atoms with E-state index in [4.69, 9.17) is 4.74 Å². The van der Waals surface area contributed by atoms with E-state index >= 15 is 0 Å².